The van der Waals surface area contributed by atoms with Gasteiger partial charge in [-0.25, -0.2) is 0 Å². The number of anilines is 2. The van der Waals surface area contributed by atoms with Gasteiger partial charge in [0.15, 0.2) is 0 Å². The van der Waals surface area contributed by atoms with Crippen LogP contribution in [0, 0.1) is 0 Å². The molecule has 4 heteroatoms. The number of rotatable bonds is 5. The number of benzene rings is 2. The Balaban J connectivity index is 1.30. The molecular formula is C22H27N3O. The van der Waals surface area contributed by atoms with Crippen molar-refractivity contribution in [2.75, 3.05) is 30.4 Å². The van der Waals surface area contributed by atoms with Crippen molar-refractivity contribution in [1.29, 1.82) is 0 Å². The maximum absolute atomic E-state index is 12.6. The highest BCUT2D eigenvalue weighted by Crippen LogP contribution is 2.47. The standard InChI is InChI=1S/C22H27N3O/c1-25(18-7-3-2-4-8-18)16-15-23-17-11-13-22(14-12-17)19-9-5-6-10-20(19)24-21(22)26/h2-10,17,23H,11-16H2,1H3,(H,24,26). The fourth-order valence-electron chi connectivity index (χ4n) is 4.43. The van der Waals surface area contributed by atoms with Gasteiger partial charge in [-0.15, -0.1) is 0 Å². The molecule has 4 rings (SSSR count). The Morgan fingerprint density at radius 3 is 2.54 bits per heavy atom. The van der Waals surface area contributed by atoms with Crippen LogP contribution in [0.25, 0.3) is 0 Å². The third-order valence-corrected chi connectivity index (χ3v) is 6.04. The first-order valence-electron chi connectivity index (χ1n) is 9.60. The quantitative estimate of drug-likeness (QED) is 0.868. The van der Waals surface area contributed by atoms with Gasteiger partial charge in [0.25, 0.3) is 0 Å². The number of hydrogen-bond acceptors (Lipinski definition) is 3. The average Bonchev–Trinajstić information content (AvgIpc) is 2.96. The number of hydrogen-bond donors (Lipinski definition) is 2. The minimum atomic E-state index is -0.296. The molecule has 0 saturated heterocycles. The lowest BCUT2D eigenvalue weighted by atomic mass is 9.69. The van der Waals surface area contributed by atoms with E-state index < -0.39 is 0 Å². The van der Waals surface area contributed by atoms with Gasteiger partial charge < -0.3 is 15.5 Å². The molecule has 1 fully saturated rings. The van der Waals surface area contributed by atoms with Crippen LogP contribution in [0.3, 0.4) is 0 Å². The minimum Gasteiger partial charge on any atom is -0.373 e. The summed E-state index contributed by atoms with van der Waals surface area (Å²) in [6.07, 6.45) is 3.97. The molecular weight excluding hydrogens is 322 g/mol. The minimum absolute atomic E-state index is 0.195. The lowest BCUT2D eigenvalue weighted by Gasteiger charge is -2.36. The molecule has 1 aliphatic carbocycles. The predicted molar refractivity (Wildman–Crippen MR) is 107 cm³/mol. The summed E-state index contributed by atoms with van der Waals surface area (Å²) in [6, 6.07) is 19.2. The topological polar surface area (TPSA) is 44.4 Å². The Bertz CT molecular complexity index is 766. The smallest absolute Gasteiger partial charge is 0.235 e. The Morgan fingerprint density at radius 2 is 1.77 bits per heavy atom. The van der Waals surface area contributed by atoms with Crippen LogP contribution in [0.2, 0.25) is 0 Å². The Hall–Kier alpha value is -2.33. The second-order valence-electron chi connectivity index (χ2n) is 7.57. The van der Waals surface area contributed by atoms with Crippen LogP contribution in [-0.4, -0.2) is 32.1 Å². The number of amides is 1. The fraction of sp³-hybridized carbons (Fsp3) is 0.409. The molecule has 1 aliphatic heterocycles. The number of likely N-dealkylation sites (N-methyl/N-ethyl adjacent to an activating group) is 1. The van der Waals surface area contributed by atoms with Crippen molar-refractivity contribution in [3.8, 4) is 0 Å². The van der Waals surface area contributed by atoms with Crippen LogP contribution in [0.4, 0.5) is 11.4 Å². The van der Waals surface area contributed by atoms with E-state index in [1.54, 1.807) is 0 Å². The Labute approximate surface area is 155 Å². The molecule has 0 aromatic heterocycles. The van der Waals surface area contributed by atoms with Crippen molar-refractivity contribution in [2.24, 2.45) is 0 Å². The van der Waals surface area contributed by atoms with E-state index in [-0.39, 0.29) is 11.3 Å². The van der Waals surface area contributed by atoms with Gasteiger partial charge in [0.2, 0.25) is 5.91 Å². The first kappa shape index (κ1) is 17.1. The summed E-state index contributed by atoms with van der Waals surface area (Å²) in [4.78, 5) is 14.9. The summed E-state index contributed by atoms with van der Waals surface area (Å²) in [7, 11) is 2.13. The molecule has 1 saturated carbocycles. The van der Waals surface area contributed by atoms with Gasteiger partial charge in [-0.05, 0) is 49.4 Å². The van der Waals surface area contributed by atoms with E-state index in [9.17, 15) is 4.79 Å². The zero-order valence-electron chi connectivity index (χ0n) is 15.4. The molecule has 2 aromatic carbocycles. The zero-order chi connectivity index (χ0) is 18.0. The normalized spacial score (nSPS) is 24.3. The highest BCUT2D eigenvalue weighted by molar-refractivity contribution is 6.06. The van der Waals surface area contributed by atoms with Crippen LogP contribution in [-0.2, 0) is 10.2 Å². The maximum Gasteiger partial charge on any atom is 0.235 e. The second-order valence-corrected chi connectivity index (χ2v) is 7.57. The molecule has 1 amide bonds. The molecule has 26 heavy (non-hydrogen) atoms. The molecule has 0 unspecified atom stereocenters. The third-order valence-electron chi connectivity index (χ3n) is 6.04. The number of para-hydroxylation sites is 2. The first-order valence-corrected chi connectivity index (χ1v) is 9.60. The van der Waals surface area contributed by atoms with Gasteiger partial charge in [0, 0.05) is 37.6 Å². The monoisotopic (exact) mass is 349 g/mol. The van der Waals surface area contributed by atoms with Crippen molar-refractivity contribution in [3.63, 3.8) is 0 Å². The van der Waals surface area contributed by atoms with Gasteiger partial charge in [0.05, 0.1) is 5.41 Å². The summed E-state index contributed by atoms with van der Waals surface area (Å²) in [6.45, 7) is 1.95. The molecule has 0 radical (unpaired) electrons. The largest absolute Gasteiger partial charge is 0.373 e. The predicted octanol–water partition coefficient (Wildman–Crippen LogP) is 3.55. The third kappa shape index (κ3) is 3.10. The van der Waals surface area contributed by atoms with E-state index in [0.29, 0.717) is 6.04 Å². The zero-order valence-corrected chi connectivity index (χ0v) is 15.4. The molecule has 4 nitrogen and oxygen atoms in total. The first-order chi connectivity index (χ1) is 12.7. The molecule has 2 N–H and O–H groups in total. The SMILES string of the molecule is CN(CCNC1CCC2(CC1)C(=O)Nc1ccccc12)c1ccccc1. The number of carbonyl (C=O) groups is 1. The Kier molecular flexibility index (Phi) is 4.68. The van der Waals surface area contributed by atoms with E-state index in [1.807, 2.05) is 24.3 Å². The second kappa shape index (κ2) is 7.12. The van der Waals surface area contributed by atoms with E-state index in [0.717, 1.165) is 44.5 Å². The van der Waals surface area contributed by atoms with E-state index in [2.05, 4.69) is 52.9 Å². The van der Waals surface area contributed by atoms with Crippen molar-refractivity contribution in [1.82, 2.24) is 5.32 Å². The molecule has 0 atom stereocenters. The maximum atomic E-state index is 12.6. The Morgan fingerprint density at radius 1 is 1.08 bits per heavy atom. The molecule has 2 aliphatic rings. The number of carbonyl (C=O) groups excluding carboxylic acids is 1. The van der Waals surface area contributed by atoms with Gasteiger partial charge in [-0.2, -0.15) is 0 Å². The number of nitrogens with one attached hydrogen (secondary N) is 2. The van der Waals surface area contributed by atoms with Crippen molar-refractivity contribution >= 4 is 17.3 Å². The molecule has 136 valence electrons. The molecule has 1 spiro atoms. The van der Waals surface area contributed by atoms with Gasteiger partial charge in [-0.3, -0.25) is 4.79 Å². The van der Waals surface area contributed by atoms with Crippen LogP contribution < -0.4 is 15.5 Å². The van der Waals surface area contributed by atoms with Gasteiger partial charge in [-0.1, -0.05) is 36.4 Å². The molecule has 0 bridgehead atoms. The van der Waals surface area contributed by atoms with E-state index >= 15 is 0 Å². The molecule has 1 heterocycles. The van der Waals surface area contributed by atoms with E-state index in [4.69, 9.17) is 0 Å². The van der Waals surface area contributed by atoms with Crippen LogP contribution in [0.5, 0.6) is 0 Å². The molecule has 2 aromatic rings. The van der Waals surface area contributed by atoms with Crippen LogP contribution in [0.1, 0.15) is 31.2 Å². The van der Waals surface area contributed by atoms with Gasteiger partial charge >= 0.3 is 0 Å². The van der Waals surface area contributed by atoms with Gasteiger partial charge in [0.1, 0.15) is 0 Å². The van der Waals surface area contributed by atoms with Crippen LogP contribution in [0.15, 0.2) is 54.6 Å². The summed E-state index contributed by atoms with van der Waals surface area (Å²) < 4.78 is 0. The number of nitrogens with zero attached hydrogens (tertiary/aromatic N) is 1. The lowest BCUT2D eigenvalue weighted by molar-refractivity contribution is -0.122. The van der Waals surface area contributed by atoms with Crippen molar-refractivity contribution < 1.29 is 4.79 Å². The summed E-state index contributed by atoms with van der Waals surface area (Å²) >= 11 is 0. The van der Waals surface area contributed by atoms with E-state index in [1.165, 1.54) is 11.3 Å². The highest BCUT2D eigenvalue weighted by atomic mass is 16.2. The summed E-state index contributed by atoms with van der Waals surface area (Å²) in [5.74, 6) is 0.195. The number of fused-ring (bicyclic) bond motifs is 2. The average molecular weight is 349 g/mol. The fourth-order valence-corrected chi connectivity index (χ4v) is 4.43. The summed E-state index contributed by atoms with van der Waals surface area (Å²) in [5, 5.41) is 6.78. The van der Waals surface area contributed by atoms with Crippen molar-refractivity contribution in [2.45, 2.75) is 37.1 Å². The summed E-state index contributed by atoms with van der Waals surface area (Å²) in [5.41, 5.74) is 3.16. The van der Waals surface area contributed by atoms with Crippen LogP contribution >= 0.6 is 0 Å². The lowest BCUT2D eigenvalue weighted by Crippen LogP contribution is -2.44. The highest BCUT2D eigenvalue weighted by Gasteiger charge is 2.48. The van der Waals surface area contributed by atoms with Crippen molar-refractivity contribution in [3.05, 3.63) is 60.2 Å².